The lowest BCUT2D eigenvalue weighted by molar-refractivity contribution is -0.436. The molecule has 0 amide bonds. The van der Waals surface area contributed by atoms with E-state index in [0.717, 1.165) is 0 Å². The topological polar surface area (TPSA) is 0 Å². The Labute approximate surface area is 171 Å². The maximum absolute atomic E-state index is 13.5. The molecule has 0 aromatic carbocycles. The summed E-state index contributed by atoms with van der Waals surface area (Å²) in [5.41, 5.74) is -7.65. The molecule has 0 aromatic heterocycles. The van der Waals surface area contributed by atoms with Crippen LogP contribution in [0.2, 0.25) is 0 Å². The Kier molecular flexibility index (Phi) is 7.74. The molecule has 0 unspecified atom stereocenters. The van der Waals surface area contributed by atoms with Crippen LogP contribution in [-0.4, -0.2) is 53.6 Å². The second-order valence-corrected chi connectivity index (χ2v) is 12.3. The third-order valence-electron chi connectivity index (χ3n) is 3.75. The van der Waals surface area contributed by atoms with Gasteiger partial charge in [0.05, 0.1) is 0 Å². The van der Waals surface area contributed by atoms with Crippen LogP contribution < -0.4 is 0 Å². The van der Waals surface area contributed by atoms with Crippen molar-refractivity contribution in [1.29, 1.82) is 0 Å². The molecule has 0 radical (unpaired) electrons. The van der Waals surface area contributed by atoms with E-state index in [4.69, 9.17) is 0 Å². The highest BCUT2D eigenvalue weighted by atomic mass is 35.7. The Bertz CT molecular complexity index is 653. The minimum absolute atomic E-state index is 0.589. The van der Waals surface area contributed by atoms with E-state index in [1.54, 1.807) is 0 Å². The van der Waals surface area contributed by atoms with Crippen molar-refractivity contribution in [3.05, 3.63) is 0 Å². The molecule has 0 aliphatic carbocycles. The molecule has 0 fully saturated rings. The first-order valence-corrected chi connectivity index (χ1v) is 11.2. The van der Waals surface area contributed by atoms with Gasteiger partial charge in [0.15, 0.2) is 0 Å². The maximum atomic E-state index is 13.5. The third-order valence-corrected chi connectivity index (χ3v) is 8.27. The van der Waals surface area contributed by atoms with Crippen molar-refractivity contribution in [2.45, 2.75) is 66.6 Å². The molecule has 31 heavy (non-hydrogen) atoms. The molecule has 0 heterocycles. The number of hydrogen-bond acceptors (Lipinski definition) is 0. The molecular formula is C11H7Cl2F17Si. The molecule has 0 saturated heterocycles. The van der Waals surface area contributed by atoms with Gasteiger partial charge in [0, 0.05) is 6.42 Å². The summed E-state index contributed by atoms with van der Waals surface area (Å²) in [4.78, 5) is 0. The second kappa shape index (κ2) is 7.84. The van der Waals surface area contributed by atoms with Gasteiger partial charge in [-0.3, -0.25) is 0 Å². The lowest BCUT2D eigenvalue weighted by atomic mass is 9.90. The standard InChI is InChI=1S/C11H7Cl2F17Si/c1-2-3-4(14,15)5(16,17)6(18,19)7(20,21)8(22,23)9(24,25)10(26,27)31(12,13)11(28,29)30/h2-3H2,1H3. The van der Waals surface area contributed by atoms with Crippen molar-refractivity contribution >= 4 is 28.9 Å². The summed E-state index contributed by atoms with van der Waals surface area (Å²) in [7, 11) is 0. The van der Waals surface area contributed by atoms with E-state index in [0.29, 0.717) is 6.92 Å². The van der Waals surface area contributed by atoms with Gasteiger partial charge in [-0.2, -0.15) is 65.9 Å². The smallest absolute Gasteiger partial charge is 0.201 e. The Morgan fingerprint density at radius 3 is 1.10 bits per heavy atom. The molecule has 0 aliphatic heterocycles. The largest absolute Gasteiger partial charge is 0.451 e. The highest BCUT2D eigenvalue weighted by Gasteiger charge is 2.96. The zero-order chi connectivity index (χ0) is 25.9. The van der Waals surface area contributed by atoms with E-state index in [2.05, 4.69) is 22.2 Å². The quantitative estimate of drug-likeness (QED) is 0.153. The molecule has 0 spiro atoms. The predicted octanol–water partition coefficient (Wildman–Crippen LogP) is 7.79. The van der Waals surface area contributed by atoms with Crippen LogP contribution in [-0.2, 0) is 0 Å². The van der Waals surface area contributed by atoms with Crippen LogP contribution >= 0.6 is 22.2 Å². The van der Waals surface area contributed by atoms with Crippen LogP contribution in [0.15, 0.2) is 0 Å². The Morgan fingerprint density at radius 1 is 0.516 bits per heavy atom. The highest BCUT2D eigenvalue weighted by molar-refractivity contribution is 7.47. The van der Waals surface area contributed by atoms with Crippen LogP contribution in [0.3, 0.4) is 0 Å². The molecule has 0 aromatic rings. The highest BCUT2D eigenvalue weighted by Crippen LogP contribution is 2.65. The first kappa shape index (κ1) is 30.6. The lowest BCUT2D eigenvalue weighted by Crippen LogP contribution is -2.76. The van der Waals surface area contributed by atoms with Gasteiger partial charge in [-0.05, 0) is 0 Å². The van der Waals surface area contributed by atoms with Gasteiger partial charge in [-0.1, -0.05) is 13.3 Å². The van der Waals surface area contributed by atoms with Crippen LogP contribution in [0, 0.1) is 0 Å². The number of rotatable bonds is 9. The minimum atomic E-state index is -8.51. The Balaban J connectivity index is 6.84. The summed E-state index contributed by atoms with van der Waals surface area (Å²) in [6, 6.07) is 0. The van der Waals surface area contributed by atoms with Gasteiger partial charge in [-0.15, -0.1) is 22.2 Å². The fourth-order valence-electron chi connectivity index (χ4n) is 1.86. The number of halogens is 19. The van der Waals surface area contributed by atoms with Gasteiger partial charge in [0.25, 0.3) is 0 Å². The van der Waals surface area contributed by atoms with E-state index in [1.165, 1.54) is 0 Å². The van der Waals surface area contributed by atoms with Gasteiger partial charge < -0.3 is 0 Å². The average Bonchev–Trinajstić information content (AvgIpc) is 2.52. The Morgan fingerprint density at radius 2 is 0.806 bits per heavy atom. The van der Waals surface area contributed by atoms with E-state index in [-0.39, 0.29) is 0 Å². The van der Waals surface area contributed by atoms with Crippen molar-refractivity contribution in [1.82, 2.24) is 0 Å². The summed E-state index contributed by atoms with van der Waals surface area (Å²) in [5, 5.41) is 0. The van der Waals surface area contributed by atoms with Gasteiger partial charge in [0.2, 0.25) is 0 Å². The van der Waals surface area contributed by atoms with E-state index in [9.17, 15) is 74.6 Å². The number of hydrogen-bond donors (Lipinski definition) is 0. The van der Waals surface area contributed by atoms with Crippen molar-refractivity contribution in [3.63, 3.8) is 0 Å². The molecular weight excluding hydrogens is 554 g/mol. The molecule has 0 atom stereocenters. The van der Waals surface area contributed by atoms with Crippen molar-refractivity contribution in [2.75, 3.05) is 0 Å². The average molecular weight is 561 g/mol. The Hall–Kier alpha value is -0.393. The summed E-state index contributed by atoms with van der Waals surface area (Å²) in [6.45, 7) is -7.55. The molecule has 0 N–H and O–H groups in total. The molecule has 0 bridgehead atoms. The number of alkyl halides is 17. The second-order valence-electron chi connectivity index (χ2n) is 5.97. The van der Waals surface area contributed by atoms with Crippen molar-refractivity contribution in [2.24, 2.45) is 0 Å². The molecule has 0 aliphatic rings. The lowest BCUT2D eigenvalue weighted by Gasteiger charge is -2.44. The first-order valence-electron chi connectivity index (χ1n) is 7.15. The fraction of sp³-hybridized carbons (Fsp3) is 1.00. The predicted molar refractivity (Wildman–Crippen MR) is 73.1 cm³/mol. The normalized spacial score (nSPS) is 16.6. The van der Waals surface area contributed by atoms with Gasteiger partial charge in [-0.25, -0.2) is 8.78 Å². The molecule has 0 saturated carbocycles. The van der Waals surface area contributed by atoms with Gasteiger partial charge in [0.1, 0.15) is 0 Å². The van der Waals surface area contributed by atoms with E-state index in [1.807, 2.05) is 0 Å². The van der Waals surface area contributed by atoms with Crippen LogP contribution in [0.4, 0.5) is 74.6 Å². The van der Waals surface area contributed by atoms with E-state index >= 15 is 0 Å². The molecule has 20 heteroatoms. The maximum Gasteiger partial charge on any atom is 0.451 e. The van der Waals surface area contributed by atoms with Crippen molar-refractivity contribution in [3.8, 4) is 0 Å². The van der Waals surface area contributed by atoms with Crippen LogP contribution in [0.25, 0.3) is 0 Å². The fourth-order valence-corrected chi connectivity index (χ4v) is 3.48. The van der Waals surface area contributed by atoms with Crippen LogP contribution in [0.5, 0.6) is 0 Å². The zero-order valence-electron chi connectivity index (χ0n) is 14.1. The summed E-state index contributed by atoms with van der Waals surface area (Å²) in [6.07, 6.45) is -3.57. The molecule has 188 valence electrons. The van der Waals surface area contributed by atoms with E-state index < -0.39 is 66.4 Å². The summed E-state index contributed by atoms with van der Waals surface area (Å²) < 4.78 is 225. The minimum Gasteiger partial charge on any atom is -0.201 e. The summed E-state index contributed by atoms with van der Waals surface area (Å²) in [5.74, 6) is -54.2. The monoisotopic (exact) mass is 560 g/mol. The van der Waals surface area contributed by atoms with Crippen molar-refractivity contribution < 1.29 is 74.6 Å². The SMILES string of the molecule is CCCC(F)(F)C(F)(F)C(F)(F)C(F)(F)C(F)(F)C(F)(F)C(F)(F)[Si](Cl)(Cl)C(F)(F)F. The van der Waals surface area contributed by atoms with Gasteiger partial charge >= 0.3 is 53.6 Å². The first-order chi connectivity index (χ1) is 13.1. The summed E-state index contributed by atoms with van der Waals surface area (Å²) >= 11 is 7.96. The molecule has 0 rings (SSSR count). The molecule has 0 nitrogen and oxygen atoms in total. The zero-order valence-corrected chi connectivity index (χ0v) is 16.6. The third kappa shape index (κ3) is 3.95. The van der Waals surface area contributed by atoms with Crippen LogP contribution in [0.1, 0.15) is 19.8 Å².